The summed E-state index contributed by atoms with van der Waals surface area (Å²) >= 11 is 0. The molecule has 0 aromatic heterocycles. The van der Waals surface area contributed by atoms with Gasteiger partial charge in [-0.2, -0.15) is 0 Å². The Kier molecular flexibility index (Phi) is 10.5. The molecule has 2 heteroatoms. The predicted octanol–water partition coefficient (Wildman–Crippen LogP) is 7.06. The van der Waals surface area contributed by atoms with Crippen LogP contribution in [0.5, 0.6) is 0 Å². The van der Waals surface area contributed by atoms with Gasteiger partial charge in [0.15, 0.2) is 0 Å². The third-order valence-electron chi connectivity index (χ3n) is 5.64. The number of rotatable bonds is 14. The lowest BCUT2D eigenvalue weighted by Crippen LogP contribution is -2.23. The van der Waals surface area contributed by atoms with Crippen LogP contribution in [0.25, 0.3) is 0 Å². The van der Waals surface area contributed by atoms with E-state index in [0.29, 0.717) is 6.42 Å². The van der Waals surface area contributed by atoms with Gasteiger partial charge in [-0.25, -0.2) is 0 Å². The summed E-state index contributed by atoms with van der Waals surface area (Å²) in [4.78, 5) is 13.7. The Morgan fingerprint density at radius 2 is 1.31 bits per heavy atom. The van der Waals surface area contributed by atoms with Crippen molar-refractivity contribution >= 4 is 11.6 Å². The predicted molar refractivity (Wildman–Crippen MR) is 113 cm³/mol. The van der Waals surface area contributed by atoms with E-state index in [-0.39, 0.29) is 5.91 Å². The van der Waals surface area contributed by atoms with Crippen LogP contribution in [0.3, 0.4) is 0 Å². The van der Waals surface area contributed by atoms with E-state index in [1.807, 2.05) is 4.90 Å². The molecule has 1 aromatic rings. The first-order valence-electron chi connectivity index (χ1n) is 11.2. The van der Waals surface area contributed by atoms with Gasteiger partial charge in [0, 0.05) is 18.7 Å². The molecular formula is C24H39NO. The molecule has 26 heavy (non-hydrogen) atoms. The normalized spacial score (nSPS) is 14.3. The van der Waals surface area contributed by atoms with Crippen molar-refractivity contribution in [2.45, 2.75) is 103 Å². The molecule has 0 spiro atoms. The Morgan fingerprint density at radius 1 is 0.769 bits per heavy atom. The van der Waals surface area contributed by atoms with E-state index >= 15 is 0 Å². The van der Waals surface area contributed by atoms with E-state index in [0.717, 1.165) is 18.7 Å². The van der Waals surface area contributed by atoms with Crippen LogP contribution in [0.1, 0.15) is 102 Å². The summed E-state index contributed by atoms with van der Waals surface area (Å²) in [6.07, 6.45) is 19.7. The molecule has 0 N–H and O–H groups in total. The number of anilines is 1. The molecule has 146 valence electrons. The fourth-order valence-electron chi connectivity index (χ4n) is 3.93. The molecule has 1 aliphatic heterocycles. The summed E-state index contributed by atoms with van der Waals surface area (Å²) in [6.45, 7) is 3.17. The SMILES string of the molecule is CCCCCCCCCCCCCCc1ccc(N2CCCC2=O)cc1. The van der Waals surface area contributed by atoms with Gasteiger partial charge in [0.05, 0.1) is 0 Å². The van der Waals surface area contributed by atoms with Gasteiger partial charge in [-0.05, 0) is 37.0 Å². The van der Waals surface area contributed by atoms with Crippen LogP contribution < -0.4 is 4.90 Å². The first-order valence-corrected chi connectivity index (χ1v) is 11.2. The molecule has 2 nitrogen and oxygen atoms in total. The molecule has 0 unspecified atom stereocenters. The van der Waals surface area contributed by atoms with E-state index in [4.69, 9.17) is 0 Å². The van der Waals surface area contributed by atoms with Crippen LogP contribution in [0.4, 0.5) is 5.69 Å². The highest BCUT2D eigenvalue weighted by Crippen LogP contribution is 2.22. The highest BCUT2D eigenvalue weighted by Gasteiger charge is 2.21. The minimum Gasteiger partial charge on any atom is -0.312 e. The van der Waals surface area contributed by atoms with Crippen molar-refractivity contribution in [2.75, 3.05) is 11.4 Å². The molecule has 0 aliphatic carbocycles. The van der Waals surface area contributed by atoms with Crippen LogP contribution in [0.2, 0.25) is 0 Å². The zero-order chi connectivity index (χ0) is 18.5. The quantitative estimate of drug-likeness (QED) is 0.326. The van der Waals surface area contributed by atoms with Gasteiger partial charge < -0.3 is 4.90 Å². The van der Waals surface area contributed by atoms with Crippen LogP contribution in [0, 0.1) is 0 Å². The van der Waals surface area contributed by atoms with E-state index in [2.05, 4.69) is 31.2 Å². The lowest BCUT2D eigenvalue weighted by atomic mass is 10.0. The Morgan fingerprint density at radius 3 is 1.81 bits per heavy atom. The maximum absolute atomic E-state index is 11.8. The molecule has 2 rings (SSSR count). The summed E-state index contributed by atoms with van der Waals surface area (Å²) in [5, 5.41) is 0. The van der Waals surface area contributed by atoms with Crippen molar-refractivity contribution in [3.63, 3.8) is 0 Å². The molecule has 1 saturated heterocycles. The fraction of sp³-hybridized carbons (Fsp3) is 0.708. The average Bonchev–Trinajstić information content (AvgIpc) is 3.09. The highest BCUT2D eigenvalue weighted by atomic mass is 16.2. The number of unbranched alkanes of at least 4 members (excludes halogenated alkanes) is 11. The standard InChI is InChI=1S/C24H39NO/c1-2-3-4-5-6-7-8-9-10-11-12-13-15-22-17-19-23(20-18-22)25-21-14-16-24(25)26/h17-20H,2-16,21H2,1H3. The molecule has 0 bridgehead atoms. The van der Waals surface area contributed by atoms with Gasteiger partial charge in [0.1, 0.15) is 0 Å². The van der Waals surface area contributed by atoms with Crippen LogP contribution in [-0.2, 0) is 11.2 Å². The highest BCUT2D eigenvalue weighted by molar-refractivity contribution is 5.95. The smallest absolute Gasteiger partial charge is 0.227 e. The summed E-state index contributed by atoms with van der Waals surface area (Å²) < 4.78 is 0. The van der Waals surface area contributed by atoms with Crippen LogP contribution in [0.15, 0.2) is 24.3 Å². The molecular weight excluding hydrogens is 318 g/mol. The second-order valence-corrected chi connectivity index (χ2v) is 7.95. The maximum Gasteiger partial charge on any atom is 0.227 e. The Bertz CT molecular complexity index is 493. The number of nitrogens with zero attached hydrogens (tertiary/aromatic N) is 1. The third-order valence-corrected chi connectivity index (χ3v) is 5.64. The molecule has 1 heterocycles. The van der Waals surface area contributed by atoms with E-state index in [9.17, 15) is 4.79 Å². The monoisotopic (exact) mass is 357 g/mol. The van der Waals surface area contributed by atoms with Gasteiger partial charge in [-0.1, -0.05) is 89.7 Å². The average molecular weight is 358 g/mol. The number of carbonyl (C=O) groups excluding carboxylic acids is 1. The Hall–Kier alpha value is -1.31. The van der Waals surface area contributed by atoms with Crippen LogP contribution >= 0.6 is 0 Å². The molecule has 0 radical (unpaired) electrons. The van der Waals surface area contributed by atoms with Gasteiger partial charge in [-0.15, -0.1) is 0 Å². The van der Waals surface area contributed by atoms with E-state index in [1.54, 1.807) is 0 Å². The van der Waals surface area contributed by atoms with E-state index in [1.165, 1.54) is 89.0 Å². The lowest BCUT2D eigenvalue weighted by Gasteiger charge is -2.15. The zero-order valence-electron chi connectivity index (χ0n) is 17.0. The topological polar surface area (TPSA) is 20.3 Å². The van der Waals surface area contributed by atoms with Crippen molar-refractivity contribution in [2.24, 2.45) is 0 Å². The number of hydrogen-bond acceptors (Lipinski definition) is 1. The minimum atomic E-state index is 0.277. The summed E-state index contributed by atoms with van der Waals surface area (Å²) in [5.41, 5.74) is 2.48. The molecule has 1 aromatic carbocycles. The van der Waals surface area contributed by atoms with Crippen molar-refractivity contribution < 1.29 is 4.79 Å². The summed E-state index contributed by atoms with van der Waals surface area (Å²) in [5.74, 6) is 0.277. The molecule has 0 atom stereocenters. The zero-order valence-corrected chi connectivity index (χ0v) is 17.0. The van der Waals surface area contributed by atoms with Crippen molar-refractivity contribution in [3.05, 3.63) is 29.8 Å². The second kappa shape index (κ2) is 12.9. The lowest BCUT2D eigenvalue weighted by molar-refractivity contribution is -0.117. The number of aryl methyl sites for hydroxylation is 1. The Labute approximate surface area is 161 Å². The minimum absolute atomic E-state index is 0.277. The summed E-state index contributed by atoms with van der Waals surface area (Å²) in [7, 11) is 0. The van der Waals surface area contributed by atoms with Crippen molar-refractivity contribution in [1.82, 2.24) is 0 Å². The van der Waals surface area contributed by atoms with Gasteiger partial charge >= 0.3 is 0 Å². The largest absolute Gasteiger partial charge is 0.312 e. The number of benzene rings is 1. The van der Waals surface area contributed by atoms with Gasteiger partial charge in [-0.3, -0.25) is 4.79 Å². The first-order chi connectivity index (χ1) is 12.8. The maximum atomic E-state index is 11.8. The van der Waals surface area contributed by atoms with Gasteiger partial charge in [0.25, 0.3) is 0 Å². The van der Waals surface area contributed by atoms with E-state index < -0.39 is 0 Å². The first kappa shape index (κ1) is 21.0. The van der Waals surface area contributed by atoms with Crippen molar-refractivity contribution in [3.8, 4) is 0 Å². The van der Waals surface area contributed by atoms with Crippen LogP contribution in [-0.4, -0.2) is 12.5 Å². The number of carbonyl (C=O) groups is 1. The fourth-order valence-corrected chi connectivity index (χ4v) is 3.93. The summed E-state index contributed by atoms with van der Waals surface area (Å²) in [6, 6.07) is 8.66. The third kappa shape index (κ3) is 7.93. The molecule has 0 saturated carbocycles. The number of hydrogen-bond donors (Lipinski definition) is 0. The second-order valence-electron chi connectivity index (χ2n) is 7.95. The molecule has 1 fully saturated rings. The molecule has 1 aliphatic rings. The number of amides is 1. The molecule has 1 amide bonds. The Balaban J connectivity index is 1.45. The van der Waals surface area contributed by atoms with Gasteiger partial charge in [0.2, 0.25) is 5.91 Å². The van der Waals surface area contributed by atoms with Crippen molar-refractivity contribution in [1.29, 1.82) is 0 Å².